The Kier molecular flexibility index (Phi) is 2.89. The van der Waals surface area contributed by atoms with Gasteiger partial charge in [-0.2, -0.15) is 0 Å². The summed E-state index contributed by atoms with van der Waals surface area (Å²) in [6.07, 6.45) is 8.06. The lowest BCUT2D eigenvalue weighted by Crippen LogP contribution is -2.37. The first-order valence-corrected chi connectivity index (χ1v) is 5.69. The average Bonchev–Trinajstić information content (AvgIpc) is 2.69. The summed E-state index contributed by atoms with van der Waals surface area (Å²) in [5, 5.41) is 12.9. The smallest absolute Gasteiger partial charge is 0.0502 e. The molecule has 0 bridgehead atoms. The van der Waals surface area contributed by atoms with Gasteiger partial charge in [0.05, 0.1) is 6.61 Å². The maximum Gasteiger partial charge on any atom is 0.0502 e. The van der Waals surface area contributed by atoms with E-state index in [-0.39, 0.29) is 5.41 Å². The molecule has 1 unspecified atom stereocenters. The van der Waals surface area contributed by atoms with Crippen LogP contribution in [0.4, 0.5) is 0 Å². The summed E-state index contributed by atoms with van der Waals surface area (Å²) in [6, 6.07) is 0. The highest BCUT2D eigenvalue weighted by Crippen LogP contribution is 2.42. The molecule has 2 nitrogen and oxygen atoms in total. The second-order valence-corrected chi connectivity index (χ2v) is 4.78. The molecule has 0 aromatic rings. The number of aliphatic hydroxyl groups excluding tert-OH is 1. The maximum atomic E-state index is 9.53. The fraction of sp³-hybridized carbons (Fsp3) is 1.00. The molecule has 1 saturated heterocycles. The summed E-state index contributed by atoms with van der Waals surface area (Å²) in [6.45, 7) is 2.55. The van der Waals surface area contributed by atoms with Crippen molar-refractivity contribution in [1.82, 2.24) is 5.32 Å². The molecule has 1 atom stereocenters. The molecule has 1 aliphatic heterocycles. The van der Waals surface area contributed by atoms with E-state index in [0.29, 0.717) is 6.61 Å². The van der Waals surface area contributed by atoms with Crippen molar-refractivity contribution < 1.29 is 5.11 Å². The van der Waals surface area contributed by atoms with Crippen LogP contribution in [0.2, 0.25) is 0 Å². The van der Waals surface area contributed by atoms with Gasteiger partial charge in [0.1, 0.15) is 0 Å². The van der Waals surface area contributed by atoms with E-state index in [0.717, 1.165) is 19.0 Å². The van der Waals surface area contributed by atoms with Gasteiger partial charge in [0.25, 0.3) is 0 Å². The Morgan fingerprint density at radius 3 is 2.54 bits per heavy atom. The lowest BCUT2D eigenvalue weighted by molar-refractivity contribution is 0.0576. The van der Waals surface area contributed by atoms with Gasteiger partial charge in [-0.25, -0.2) is 0 Å². The first-order chi connectivity index (χ1) is 6.37. The van der Waals surface area contributed by atoms with Gasteiger partial charge in [-0.05, 0) is 31.7 Å². The predicted octanol–water partition coefficient (Wildman–Crippen LogP) is 1.54. The molecule has 0 radical (unpaired) electrons. The highest BCUT2D eigenvalue weighted by atomic mass is 16.3. The molecule has 2 rings (SSSR count). The Labute approximate surface area is 80.7 Å². The van der Waals surface area contributed by atoms with Crippen LogP contribution in [0.25, 0.3) is 0 Å². The van der Waals surface area contributed by atoms with Crippen LogP contribution in [-0.4, -0.2) is 24.8 Å². The normalized spacial score (nSPS) is 36.7. The molecule has 0 spiro atoms. The van der Waals surface area contributed by atoms with E-state index in [4.69, 9.17) is 0 Å². The zero-order chi connectivity index (χ0) is 9.15. The summed E-state index contributed by atoms with van der Waals surface area (Å²) >= 11 is 0. The molecule has 13 heavy (non-hydrogen) atoms. The predicted molar refractivity (Wildman–Crippen MR) is 53.6 cm³/mol. The molecule has 0 amide bonds. The van der Waals surface area contributed by atoms with Gasteiger partial charge in [-0.3, -0.25) is 0 Å². The highest BCUT2D eigenvalue weighted by molar-refractivity contribution is 4.93. The molecule has 1 saturated carbocycles. The minimum absolute atomic E-state index is 0.250. The maximum absolute atomic E-state index is 9.53. The van der Waals surface area contributed by atoms with Gasteiger partial charge >= 0.3 is 0 Å². The third-order valence-corrected chi connectivity index (χ3v) is 4.06. The Morgan fingerprint density at radius 1 is 1.23 bits per heavy atom. The van der Waals surface area contributed by atoms with Gasteiger partial charge in [0.2, 0.25) is 0 Å². The summed E-state index contributed by atoms with van der Waals surface area (Å²) < 4.78 is 0. The minimum Gasteiger partial charge on any atom is -0.396 e. The molecule has 2 heteroatoms. The van der Waals surface area contributed by atoms with Gasteiger partial charge in [0, 0.05) is 12.0 Å². The fourth-order valence-corrected chi connectivity index (χ4v) is 3.09. The van der Waals surface area contributed by atoms with Crippen molar-refractivity contribution in [2.45, 2.75) is 38.5 Å². The van der Waals surface area contributed by atoms with E-state index in [1.54, 1.807) is 0 Å². The fourth-order valence-electron chi connectivity index (χ4n) is 3.09. The van der Waals surface area contributed by atoms with Crippen molar-refractivity contribution in [3.05, 3.63) is 0 Å². The third-order valence-electron chi connectivity index (χ3n) is 4.06. The average molecular weight is 183 g/mol. The van der Waals surface area contributed by atoms with Crippen molar-refractivity contribution in [2.24, 2.45) is 11.3 Å². The van der Waals surface area contributed by atoms with Crippen LogP contribution >= 0.6 is 0 Å². The van der Waals surface area contributed by atoms with E-state index in [9.17, 15) is 5.11 Å². The lowest BCUT2D eigenvalue weighted by atomic mass is 9.68. The van der Waals surface area contributed by atoms with E-state index in [1.165, 1.54) is 38.5 Å². The molecule has 2 aliphatic rings. The lowest BCUT2D eigenvalue weighted by Gasteiger charge is -2.37. The summed E-state index contributed by atoms with van der Waals surface area (Å²) in [7, 11) is 0. The van der Waals surface area contributed by atoms with Crippen molar-refractivity contribution in [1.29, 1.82) is 0 Å². The quantitative estimate of drug-likeness (QED) is 0.680. The van der Waals surface area contributed by atoms with E-state index in [2.05, 4.69) is 5.32 Å². The SMILES string of the molecule is OCC1(C2CCCCC2)CCNC1. The van der Waals surface area contributed by atoms with Crippen LogP contribution in [0.3, 0.4) is 0 Å². The Bertz CT molecular complexity index is 157. The molecule has 2 N–H and O–H groups in total. The number of nitrogens with one attached hydrogen (secondary N) is 1. The van der Waals surface area contributed by atoms with Crippen molar-refractivity contribution in [2.75, 3.05) is 19.7 Å². The molecule has 0 aromatic heterocycles. The van der Waals surface area contributed by atoms with E-state index < -0.39 is 0 Å². The van der Waals surface area contributed by atoms with Crippen molar-refractivity contribution >= 4 is 0 Å². The molecule has 1 heterocycles. The van der Waals surface area contributed by atoms with E-state index >= 15 is 0 Å². The van der Waals surface area contributed by atoms with Crippen LogP contribution in [0.1, 0.15) is 38.5 Å². The van der Waals surface area contributed by atoms with Crippen molar-refractivity contribution in [3.8, 4) is 0 Å². The monoisotopic (exact) mass is 183 g/mol. The second kappa shape index (κ2) is 3.97. The standard InChI is InChI=1S/C11H21NO/c13-9-11(6-7-12-8-11)10-4-2-1-3-5-10/h10,12-13H,1-9H2. The Morgan fingerprint density at radius 2 is 2.00 bits per heavy atom. The van der Waals surface area contributed by atoms with Gasteiger partial charge in [-0.15, -0.1) is 0 Å². The third kappa shape index (κ3) is 1.75. The minimum atomic E-state index is 0.250. The summed E-state index contributed by atoms with van der Waals surface area (Å²) in [5.41, 5.74) is 0.250. The second-order valence-electron chi connectivity index (χ2n) is 4.78. The molecule has 1 aliphatic carbocycles. The number of hydrogen-bond donors (Lipinski definition) is 2. The molecule has 0 aromatic carbocycles. The zero-order valence-electron chi connectivity index (χ0n) is 8.39. The van der Waals surface area contributed by atoms with Crippen LogP contribution in [0.5, 0.6) is 0 Å². The van der Waals surface area contributed by atoms with Crippen molar-refractivity contribution in [3.63, 3.8) is 0 Å². The number of hydrogen-bond acceptors (Lipinski definition) is 2. The number of aliphatic hydroxyl groups is 1. The molecular formula is C11H21NO. The largest absolute Gasteiger partial charge is 0.396 e. The molecule has 2 fully saturated rings. The first kappa shape index (κ1) is 9.47. The summed E-state index contributed by atoms with van der Waals surface area (Å²) in [5.74, 6) is 0.793. The Hall–Kier alpha value is -0.0800. The van der Waals surface area contributed by atoms with Crippen LogP contribution in [0.15, 0.2) is 0 Å². The van der Waals surface area contributed by atoms with E-state index in [1.807, 2.05) is 0 Å². The van der Waals surface area contributed by atoms with Crippen LogP contribution in [0, 0.1) is 11.3 Å². The van der Waals surface area contributed by atoms with Crippen LogP contribution < -0.4 is 5.32 Å². The summed E-state index contributed by atoms with van der Waals surface area (Å²) in [4.78, 5) is 0. The van der Waals surface area contributed by atoms with Gasteiger partial charge < -0.3 is 10.4 Å². The van der Waals surface area contributed by atoms with Crippen LogP contribution in [-0.2, 0) is 0 Å². The first-order valence-electron chi connectivity index (χ1n) is 5.69. The van der Waals surface area contributed by atoms with Gasteiger partial charge in [0.15, 0.2) is 0 Å². The zero-order valence-corrected chi connectivity index (χ0v) is 8.39. The highest BCUT2D eigenvalue weighted by Gasteiger charge is 2.40. The topological polar surface area (TPSA) is 32.3 Å². The number of rotatable bonds is 2. The van der Waals surface area contributed by atoms with Gasteiger partial charge in [-0.1, -0.05) is 19.3 Å². The molecular weight excluding hydrogens is 162 g/mol. The Balaban J connectivity index is 2.01. The molecule has 76 valence electrons.